The molecule has 1 heterocycles. The van der Waals surface area contributed by atoms with Crippen molar-refractivity contribution in [2.45, 2.75) is 19.0 Å². The lowest BCUT2D eigenvalue weighted by atomic mass is 10.0. The highest BCUT2D eigenvalue weighted by Gasteiger charge is 2.31. The molecule has 5 heteroatoms. The minimum absolute atomic E-state index is 0.00866. The number of likely N-dealkylation sites (N-methyl/N-ethyl adjacent to an activating group) is 1. The van der Waals surface area contributed by atoms with Crippen LogP contribution < -0.4 is 11.1 Å². The Bertz CT molecular complexity index is 221. The average Bonchev–Trinajstić information content (AvgIpc) is 2.49. The van der Waals surface area contributed by atoms with Crippen LogP contribution in [-0.2, 0) is 9.53 Å². The number of nitrogens with two attached hydrogens (primary N) is 1. The molecule has 1 aliphatic rings. The molecule has 3 N–H and O–H groups in total. The molecule has 1 aliphatic heterocycles. The standard InChI is InChI=1S/C10H21N3O2/c1-7(4-13(2)3)12-10(14)8-5-15-6-9(8)11/h7-9H,4-6,11H2,1-3H3,(H,12,14). The highest BCUT2D eigenvalue weighted by Crippen LogP contribution is 2.11. The van der Waals surface area contributed by atoms with Crippen LogP contribution >= 0.6 is 0 Å². The van der Waals surface area contributed by atoms with E-state index in [0.29, 0.717) is 13.2 Å². The first-order valence-electron chi connectivity index (χ1n) is 5.29. The van der Waals surface area contributed by atoms with E-state index in [1.165, 1.54) is 0 Å². The van der Waals surface area contributed by atoms with E-state index in [4.69, 9.17) is 10.5 Å². The Kier molecular flexibility index (Phi) is 4.50. The maximum Gasteiger partial charge on any atom is 0.227 e. The summed E-state index contributed by atoms with van der Waals surface area (Å²) in [5, 5.41) is 2.94. The molecule has 1 saturated heterocycles. The number of hydrogen-bond acceptors (Lipinski definition) is 4. The van der Waals surface area contributed by atoms with Gasteiger partial charge in [-0.2, -0.15) is 0 Å². The van der Waals surface area contributed by atoms with Gasteiger partial charge >= 0.3 is 0 Å². The van der Waals surface area contributed by atoms with Crippen LogP contribution in [0.25, 0.3) is 0 Å². The normalized spacial score (nSPS) is 28.1. The number of nitrogens with one attached hydrogen (secondary N) is 1. The zero-order valence-electron chi connectivity index (χ0n) is 9.69. The molecule has 15 heavy (non-hydrogen) atoms. The number of hydrogen-bond donors (Lipinski definition) is 2. The highest BCUT2D eigenvalue weighted by molar-refractivity contribution is 5.80. The summed E-state index contributed by atoms with van der Waals surface area (Å²) in [4.78, 5) is 13.8. The zero-order valence-corrected chi connectivity index (χ0v) is 9.69. The first-order chi connectivity index (χ1) is 7.00. The number of nitrogens with zero attached hydrogens (tertiary/aromatic N) is 1. The quantitative estimate of drug-likeness (QED) is 0.633. The molecule has 0 aromatic carbocycles. The van der Waals surface area contributed by atoms with Gasteiger partial charge in [0.05, 0.1) is 19.1 Å². The van der Waals surface area contributed by atoms with Crippen molar-refractivity contribution in [1.29, 1.82) is 0 Å². The average molecular weight is 215 g/mol. The van der Waals surface area contributed by atoms with E-state index in [0.717, 1.165) is 6.54 Å². The van der Waals surface area contributed by atoms with E-state index in [1.54, 1.807) is 0 Å². The van der Waals surface area contributed by atoms with Crippen LogP contribution in [0.4, 0.5) is 0 Å². The Morgan fingerprint density at radius 3 is 2.73 bits per heavy atom. The van der Waals surface area contributed by atoms with E-state index < -0.39 is 0 Å². The van der Waals surface area contributed by atoms with E-state index in [2.05, 4.69) is 5.32 Å². The number of carbonyl (C=O) groups excluding carboxylic acids is 1. The molecule has 0 saturated carbocycles. The van der Waals surface area contributed by atoms with E-state index >= 15 is 0 Å². The summed E-state index contributed by atoms with van der Waals surface area (Å²) >= 11 is 0. The molecule has 0 bridgehead atoms. The lowest BCUT2D eigenvalue weighted by Gasteiger charge is -2.21. The smallest absolute Gasteiger partial charge is 0.227 e. The number of amides is 1. The second kappa shape index (κ2) is 5.44. The summed E-state index contributed by atoms with van der Waals surface area (Å²) in [6.45, 7) is 3.75. The third-order valence-electron chi connectivity index (χ3n) is 2.49. The number of carbonyl (C=O) groups is 1. The van der Waals surface area contributed by atoms with Crippen molar-refractivity contribution in [3.63, 3.8) is 0 Å². The lowest BCUT2D eigenvalue weighted by molar-refractivity contribution is -0.125. The van der Waals surface area contributed by atoms with Gasteiger partial charge in [-0.15, -0.1) is 0 Å². The van der Waals surface area contributed by atoms with Crippen LogP contribution in [-0.4, -0.2) is 56.7 Å². The van der Waals surface area contributed by atoms with Gasteiger partial charge in [0.2, 0.25) is 5.91 Å². The van der Waals surface area contributed by atoms with E-state index in [1.807, 2.05) is 25.9 Å². The molecule has 0 radical (unpaired) electrons. The summed E-state index contributed by atoms with van der Waals surface area (Å²) in [6.07, 6.45) is 0. The maximum absolute atomic E-state index is 11.8. The topological polar surface area (TPSA) is 67.6 Å². The van der Waals surface area contributed by atoms with Crippen molar-refractivity contribution in [3.05, 3.63) is 0 Å². The van der Waals surface area contributed by atoms with Gasteiger partial charge in [-0.05, 0) is 21.0 Å². The van der Waals surface area contributed by atoms with Gasteiger partial charge in [0.15, 0.2) is 0 Å². The Morgan fingerprint density at radius 1 is 1.60 bits per heavy atom. The summed E-state index contributed by atoms with van der Waals surface area (Å²) in [5.41, 5.74) is 5.76. The second-order valence-corrected chi connectivity index (χ2v) is 4.48. The van der Waals surface area contributed by atoms with Gasteiger partial charge < -0.3 is 20.7 Å². The van der Waals surface area contributed by atoms with Gasteiger partial charge in [-0.25, -0.2) is 0 Å². The molecule has 0 aromatic rings. The molecule has 1 amide bonds. The van der Waals surface area contributed by atoms with E-state index in [-0.39, 0.29) is 23.9 Å². The largest absolute Gasteiger partial charge is 0.379 e. The van der Waals surface area contributed by atoms with Crippen molar-refractivity contribution >= 4 is 5.91 Å². The van der Waals surface area contributed by atoms with Crippen molar-refractivity contribution in [1.82, 2.24) is 10.2 Å². The molecule has 0 spiro atoms. The van der Waals surface area contributed by atoms with Crippen LogP contribution in [0.5, 0.6) is 0 Å². The van der Waals surface area contributed by atoms with Crippen LogP contribution in [0.1, 0.15) is 6.92 Å². The monoisotopic (exact) mass is 215 g/mol. The fourth-order valence-electron chi connectivity index (χ4n) is 1.78. The summed E-state index contributed by atoms with van der Waals surface area (Å²) in [5.74, 6) is -0.177. The SMILES string of the molecule is CC(CN(C)C)NC(=O)C1COCC1N. The van der Waals surface area contributed by atoms with Crippen molar-refractivity contribution in [2.24, 2.45) is 11.7 Å². The second-order valence-electron chi connectivity index (χ2n) is 4.48. The Morgan fingerprint density at radius 2 is 2.27 bits per heavy atom. The number of ether oxygens (including phenoxy) is 1. The predicted octanol–water partition coefficient (Wildman–Crippen LogP) is -0.974. The fourth-order valence-corrected chi connectivity index (χ4v) is 1.78. The molecular formula is C10H21N3O2. The van der Waals surface area contributed by atoms with Crippen LogP contribution in [0.3, 0.4) is 0 Å². The fraction of sp³-hybridized carbons (Fsp3) is 0.900. The lowest BCUT2D eigenvalue weighted by Crippen LogP contribution is -2.46. The van der Waals surface area contributed by atoms with Crippen LogP contribution in [0.15, 0.2) is 0 Å². The molecule has 0 aliphatic carbocycles. The molecule has 0 aromatic heterocycles. The van der Waals surface area contributed by atoms with Crippen molar-refractivity contribution in [2.75, 3.05) is 33.9 Å². The van der Waals surface area contributed by atoms with Gasteiger partial charge in [0.25, 0.3) is 0 Å². The van der Waals surface area contributed by atoms with Crippen molar-refractivity contribution < 1.29 is 9.53 Å². The molecule has 3 unspecified atom stereocenters. The van der Waals surface area contributed by atoms with Gasteiger partial charge in [-0.3, -0.25) is 4.79 Å². The predicted molar refractivity (Wildman–Crippen MR) is 58.4 cm³/mol. The molecule has 88 valence electrons. The third kappa shape index (κ3) is 3.77. The summed E-state index contributed by atoms with van der Waals surface area (Å²) < 4.78 is 5.16. The first-order valence-corrected chi connectivity index (χ1v) is 5.29. The molecular weight excluding hydrogens is 194 g/mol. The van der Waals surface area contributed by atoms with Crippen LogP contribution in [0, 0.1) is 5.92 Å². The van der Waals surface area contributed by atoms with Gasteiger partial charge in [-0.1, -0.05) is 0 Å². The number of rotatable bonds is 4. The Hall–Kier alpha value is -0.650. The highest BCUT2D eigenvalue weighted by atomic mass is 16.5. The molecule has 3 atom stereocenters. The maximum atomic E-state index is 11.8. The summed E-state index contributed by atoms with van der Waals surface area (Å²) in [6, 6.07) is -0.0168. The van der Waals surface area contributed by atoms with Gasteiger partial charge in [0, 0.05) is 18.6 Å². The minimum Gasteiger partial charge on any atom is -0.379 e. The molecule has 1 fully saturated rings. The van der Waals surface area contributed by atoms with Crippen molar-refractivity contribution in [3.8, 4) is 0 Å². The molecule has 5 nitrogen and oxygen atoms in total. The van der Waals surface area contributed by atoms with Crippen LogP contribution in [0.2, 0.25) is 0 Å². The zero-order chi connectivity index (χ0) is 11.4. The Labute approximate surface area is 90.9 Å². The van der Waals surface area contributed by atoms with E-state index in [9.17, 15) is 4.79 Å². The third-order valence-corrected chi connectivity index (χ3v) is 2.49. The summed E-state index contributed by atoms with van der Waals surface area (Å²) in [7, 11) is 3.96. The minimum atomic E-state index is -0.186. The van der Waals surface area contributed by atoms with Gasteiger partial charge in [0.1, 0.15) is 0 Å². The Balaban J connectivity index is 2.34. The first kappa shape index (κ1) is 12.4. The molecule has 1 rings (SSSR count).